The minimum atomic E-state index is -0.253. The quantitative estimate of drug-likeness (QED) is 0.544. The molecule has 1 heterocycles. The summed E-state index contributed by atoms with van der Waals surface area (Å²) in [5, 5.41) is 2.81. The molecule has 0 aromatic rings. The van der Waals surface area contributed by atoms with E-state index in [0.29, 0.717) is 0 Å². The predicted octanol–water partition coefficient (Wildman–Crippen LogP) is -0.523. The number of hydrogen-bond donors (Lipinski definition) is 1. The molecule has 0 fully saturated rings. The highest BCUT2D eigenvalue weighted by Crippen LogP contribution is 2.05. The highest BCUT2D eigenvalue weighted by molar-refractivity contribution is 6.13. The first kappa shape index (κ1) is 7.94. The Morgan fingerprint density at radius 3 is 2.18 bits per heavy atom. The number of nitrogens with zero attached hydrogens (tertiary/aromatic N) is 1. The van der Waals surface area contributed by atoms with E-state index < -0.39 is 0 Å². The molecule has 0 aromatic carbocycles. The molecule has 0 radical (unpaired) electrons. The van der Waals surface area contributed by atoms with Gasteiger partial charge in [-0.15, -0.1) is 0 Å². The molecule has 1 rings (SSSR count). The van der Waals surface area contributed by atoms with Gasteiger partial charge in [0.2, 0.25) is 0 Å². The largest absolute Gasteiger partial charge is 0.300 e. The third kappa shape index (κ3) is 1.30. The molecular weight excluding hydrogens is 144 g/mol. The molecule has 0 aromatic heterocycles. The van der Waals surface area contributed by atoms with Gasteiger partial charge in [-0.05, 0) is 14.0 Å². The standard InChI is InChI=1S/C7H10N2O2/c1-5(8-2)9-6(10)3-4-7(9)11/h3-5,8H,1-2H3. The second-order valence-electron chi connectivity index (χ2n) is 2.34. The number of nitrogens with one attached hydrogen (secondary N) is 1. The van der Waals surface area contributed by atoms with Crippen LogP contribution in [0.3, 0.4) is 0 Å². The Hall–Kier alpha value is -1.16. The maximum Gasteiger partial charge on any atom is 0.254 e. The van der Waals surface area contributed by atoms with Crippen molar-refractivity contribution in [2.45, 2.75) is 13.1 Å². The van der Waals surface area contributed by atoms with Crippen molar-refractivity contribution in [1.29, 1.82) is 0 Å². The summed E-state index contributed by atoms with van der Waals surface area (Å²) in [6.07, 6.45) is 2.32. The van der Waals surface area contributed by atoms with Gasteiger partial charge in [0.15, 0.2) is 0 Å². The van der Waals surface area contributed by atoms with Crippen LogP contribution in [-0.4, -0.2) is 29.9 Å². The lowest BCUT2D eigenvalue weighted by molar-refractivity contribution is -0.139. The van der Waals surface area contributed by atoms with Gasteiger partial charge in [-0.25, -0.2) is 0 Å². The molecular formula is C7H10N2O2. The number of imide groups is 1. The van der Waals surface area contributed by atoms with E-state index in [2.05, 4.69) is 5.32 Å². The highest BCUT2D eigenvalue weighted by Gasteiger charge is 2.26. The Bertz CT molecular complexity index is 204. The lowest BCUT2D eigenvalue weighted by Gasteiger charge is -2.21. The van der Waals surface area contributed by atoms with Crippen LogP contribution >= 0.6 is 0 Å². The van der Waals surface area contributed by atoms with Crippen molar-refractivity contribution in [2.24, 2.45) is 0 Å². The smallest absolute Gasteiger partial charge is 0.254 e. The average Bonchev–Trinajstić information content (AvgIpc) is 2.30. The summed E-state index contributed by atoms with van der Waals surface area (Å²) in [6.45, 7) is 1.75. The zero-order valence-corrected chi connectivity index (χ0v) is 6.50. The first-order valence-electron chi connectivity index (χ1n) is 3.39. The number of carbonyl (C=O) groups is 2. The van der Waals surface area contributed by atoms with Gasteiger partial charge in [-0.1, -0.05) is 0 Å². The summed E-state index contributed by atoms with van der Waals surface area (Å²) in [6, 6.07) is 0. The van der Waals surface area contributed by atoms with E-state index in [9.17, 15) is 9.59 Å². The van der Waals surface area contributed by atoms with E-state index in [1.165, 1.54) is 17.1 Å². The Labute approximate surface area is 64.9 Å². The Balaban J connectivity index is 2.73. The topological polar surface area (TPSA) is 49.4 Å². The molecule has 4 heteroatoms. The second-order valence-corrected chi connectivity index (χ2v) is 2.34. The normalized spacial score (nSPS) is 19.6. The Morgan fingerprint density at radius 1 is 1.36 bits per heavy atom. The van der Waals surface area contributed by atoms with Gasteiger partial charge in [0, 0.05) is 12.2 Å². The lowest BCUT2D eigenvalue weighted by Crippen LogP contribution is -2.45. The van der Waals surface area contributed by atoms with E-state index in [4.69, 9.17) is 0 Å². The number of amides is 2. The molecule has 0 spiro atoms. The van der Waals surface area contributed by atoms with Crippen LogP contribution in [0.1, 0.15) is 6.92 Å². The van der Waals surface area contributed by atoms with Crippen molar-refractivity contribution in [3.05, 3.63) is 12.2 Å². The summed E-state index contributed by atoms with van der Waals surface area (Å²) in [5.74, 6) is -0.506. The lowest BCUT2D eigenvalue weighted by atomic mass is 10.4. The molecule has 1 N–H and O–H groups in total. The van der Waals surface area contributed by atoms with Crippen molar-refractivity contribution in [3.8, 4) is 0 Å². The molecule has 0 saturated carbocycles. The van der Waals surface area contributed by atoms with Gasteiger partial charge < -0.3 is 5.32 Å². The first-order chi connectivity index (χ1) is 5.16. The molecule has 1 atom stereocenters. The molecule has 1 unspecified atom stereocenters. The van der Waals surface area contributed by atoms with Crippen molar-refractivity contribution in [1.82, 2.24) is 10.2 Å². The predicted molar refractivity (Wildman–Crippen MR) is 39.5 cm³/mol. The minimum absolute atomic E-state index is 0.231. The van der Waals surface area contributed by atoms with E-state index >= 15 is 0 Å². The van der Waals surface area contributed by atoms with Crippen molar-refractivity contribution < 1.29 is 9.59 Å². The van der Waals surface area contributed by atoms with Gasteiger partial charge in [-0.2, -0.15) is 0 Å². The fraction of sp³-hybridized carbons (Fsp3) is 0.429. The van der Waals surface area contributed by atoms with Crippen LogP contribution in [0, 0.1) is 0 Å². The minimum Gasteiger partial charge on any atom is -0.300 e. The summed E-state index contributed by atoms with van der Waals surface area (Å²) in [5.41, 5.74) is 0. The molecule has 0 aliphatic carbocycles. The summed E-state index contributed by atoms with van der Waals surface area (Å²) in [4.78, 5) is 23.1. The van der Waals surface area contributed by atoms with Crippen LogP contribution < -0.4 is 5.32 Å². The van der Waals surface area contributed by atoms with Crippen molar-refractivity contribution >= 4 is 11.8 Å². The molecule has 11 heavy (non-hydrogen) atoms. The first-order valence-corrected chi connectivity index (χ1v) is 3.39. The van der Waals surface area contributed by atoms with Gasteiger partial charge >= 0.3 is 0 Å². The maximum absolute atomic E-state index is 11.0. The summed E-state index contributed by atoms with van der Waals surface area (Å²) >= 11 is 0. The molecule has 1 aliphatic rings. The highest BCUT2D eigenvalue weighted by atomic mass is 16.2. The van der Waals surface area contributed by atoms with Crippen LogP contribution in [-0.2, 0) is 9.59 Å². The molecule has 0 bridgehead atoms. The number of hydrogen-bond acceptors (Lipinski definition) is 3. The van der Waals surface area contributed by atoms with Gasteiger partial charge in [0.25, 0.3) is 11.8 Å². The second kappa shape index (κ2) is 2.84. The zero-order chi connectivity index (χ0) is 8.43. The van der Waals surface area contributed by atoms with Crippen molar-refractivity contribution in [3.63, 3.8) is 0 Å². The van der Waals surface area contributed by atoms with Crippen LogP contribution in [0.2, 0.25) is 0 Å². The van der Waals surface area contributed by atoms with Crippen LogP contribution in [0.4, 0.5) is 0 Å². The number of rotatable bonds is 2. The van der Waals surface area contributed by atoms with Crippen LogP contribution in [0.25, 0.3) is 0 Å². The van der Waals surface area contributed by atoms with Crippen LogP contribution in [0.5, 0.6) is 0 Å². The zero-order valence-electron chi connectivity index (χ0n) is 6.50. The summed E-state index contributed by atoms with van der Waals surface area (Å²) in [7, 11) is 1.70. The third-order valence-electron chi connectivity index (χ3n) is 1.65. The average molecular weight is 154 g/mol. The molecule has 1 aliphatic heterocycles. The van der Waals surface area contributed by atoms with Crippen molar-refractivity contribution in [2.75, 3.05) is 7.05 Å². The molecule has 2 amide bonds. The van der Waals surface area contributed by atoms with Gasteiger partial charge in [0.1, 0.15) is 0 Å². The monoisotopic (exact) mass is 154 g/mol. The van der Waals surface area contributed by atoms with Gasteiger partial charge in [-0.3, -0.25) is 14.5 Å². The fourth-order valence-electron chi connectivity index (χ4n) is 0.923. The SMILES string of the molecule is CNC(C)N1C(=O)C=CC1=O. The Kier molecular flexibility index (Phi) is 2.05. The maximum atomic E-state index is 11.0. The fourth-order valence-corrected chi connectivity index (χ4v) is 0.923. The van der Waals surface area contributed by atoms with E-state index in [1.54, 1.807) is 14.0 Å². The summed E-state index contributed by atoms with van der Waals surface area (Å²) < 4.78 is 0. The van der Waals surface area contributed by atoms with E-state index in [-0.39, 0.29) is 18.0 Å². The van der Waals surface area contributed by atoms with Gasteiger partial charge in [0.05, 0.1) is 6.17 Å². The van der Waals surface area contributed by atoms with E-state index in [0.717, 1.165) is 0 Å². The van der Waals surface area contributed by atoms with Crippen LogP contribution in [0.15, 0.2) is 12.2 Å². The molecule has 0 saturated heterocycles. The molecule has 4 nitrogen and oxygen atoms in total. The molecule has 60 valence electrons. The number of carbonyl (C=O) groups excluding carboxylic acids is 2. The Morgan fingerprint density at radius 2 is 1.82 bits per heavy atom. The third-order valence-corrected chi connectivity index (χ3v) is 1.65. The van der Waals surface area contributed by atoms with E-state index in [1.807, 2.05) is 0 Å².